The summed E-state index contributed by atoms with van der Waals surface area (Å²) >= 11 is 0. The molecular formula is C26H48N8O8. The standard InChI is InChI=1S/C26H48N8O8/c1-26(2,3)42-25(41)28-12-11-27-19(35)13-30(6)21(37)15-32(8)23(39)17-34(10)24(40)18-33(9)22(38)16-31(7)20(36)14-29(4)5/h11-18H2,1-10H3,(H,27,35)(H,28,41). The summed E-state index contributed by atoms with van der Waals surface area (Å²) in [6.07, 6.45) is -0.610. The Morgan fingerprint density at radius 1 is 0.500 bits per heavy atom. The van der Waals surface area contributed by atoms with Gasteiger partial charge in [-0.2, -0.15) is 0 Å². The van der Waals surface area contributed by atoms with E-state index in [9.17, 15) is 33.6 Å². The van der Waals surface area contributed by atoms with E-state index in [-0.39, 0.29) is 58.3 Å². The van der Waals surface area contributed by atoms with E-state index in [1.54, 1.807) is 39.8 Å². The number of amides is 7. The van der Waals surface area contributed by atoms with Crippen LogP contribution in [0.15, 0.2) is 0 Å². The number of hydrogen-bond acceptors (Lipinski definition) is 9. The van der Waals surface area contributed by atoms with Crippen molar-refractivity contribution in [3.05, 3.63) is 0 Å². The lowest BCUT2D eigenvalue weighted by Crippen LogP contribution is -2.48. The van der Waals surface area contributed by atoms with Gasteiger partial charge in [-0.1, -0.05) is 0 Å². The second-order valence-electron chi connectivity index (χ2n) is 11.3. The maximum absolute atomic E-state index is 12.6. The van der Waals surface area contributed by atoms with Gasteiger partial charge in [-0.05, 0) is 34.9 Å². The largest absolute Gasteiger partial charge is 0.444 e. The van der Waals surface area contributed by atoms with E-state index < -0.39 is 41.2 Å². The molecule has 0 atom stereocenters. The molecule has 0 spiro atoms. The summed E-state index contributed by atoms with van der Waals surface area (Å²) in [6.45, 7) is 4.19. The number of alkyl carbamates (subject to hydrolysis) is 1. The number of nitrogens with one attached hydrogen (secondary N) is 2. The van der Waals surface area contributed by atoms with Gasteiger partial charge >= 0.3 is 6.09 Å². The second kappa shape index (κ2) is 17.8. The molecule has 0 aliphatic carbocycles. The molecule has 7 amide bonds. The van der Waals surface area contributed by atoms with Gasteiger partial charge in [0.25, 0.3) is 0 Å². The Hall–Kier alpha value is -3.95. The van der Waals surface area contributed by atoms with Crippen molar-refractivity contribution >= 4 is 41.5 Å². The van der Waals surface area contributed by atoms with Crippen LogP contribution in [0.3, 0.4) is 0 Å². The summed E-state index contributed by atoms with van der Waals surface area (Å²) in [4.78, 5) is 93.4. The maximum Gasteiger partial charge on any atom is 0.407 e. The number of ether oxygens (including phenoxy) is 1. The van der Waals surface area contributed by atoms with Crippen molar-refractivity contribution < 1.29 is 38.3 Å². The predicted octanol–water partition coefficient (Wildman–Crippen LogP) is -2.52. The Bertz CT molecular complexity index is 982. The molecular weight excluding hydrogens is 552 g/mol. The van der Waals surface area contributed by atoms with Crippen LogP contribution in [0.5, 0.6) is 0 Å². The van der Waals surface area contributed by atoms with Crippen molar-refractivity contribution in [2.45, 2.75) is 26.4 Å². The molecule has 0 saturated carbocycles. The molecule has 0 aromatic carbocycles. The molecule has 0 aliphatic rings. The van der Waals surface area contributed by atoms with Gasteiger partial charge in [0.1, 0.15) is 5.60 Å². The topological polar surface area (TPSA) is 172 Å². The smallest absolute Gasteiger partial charge is 0.407 e. The van der Waals surface area contributed by atoms with Gasteiger partial charge in [-0.15, -0.1) is 0 Å². The van der Waals surface area contributed by atoms with Crippen molar-refractivity contribution in [2.75, 3.05) is 102 Å². The molecule has 42 heavy (non-hydrogen) atoms. The van der Waals surface area contributed by atoms with Crippen molar-refractivity contribution in [3.8, 4) is 0 Å². The quantitative estimate of drug-likeness (QED) is 0.193. The number of carbonyl (C=O) groups is 7. The Balaban J connectivity index is 4.55. The molecule has 2 N–H and O–H groups in total. The summed E-state index contributed by atoms with van der Waals surface area (Å²) in [5, 5.41) is 5.07. The normalized spacial score (nSPS) is 10.8. The fourth-order valence-electron chi connectivity index (χ4n) is 3.08. The summed E-state index contributed by atoms with van der Waals surface area (Å²) < 4.78 is 5.09. The lowest BCUT2D eigenvalue weighted by atomic mass is 10.2. The molecule has 0 radical (unpaired) electrons. The molecule has 240 valence electrons. The van der Waals surface area contributed by atoms with Crippen molar-refractivity contribution in [1.29, 1.82) is 0 Å². The lowest BCUT2D eigenvalue weighted by Gasteiger charge is -2.26. The highest BCUT2D eigenvalue weighted by molar-refractivity contribution is 5.91. The average Bonchev–Trinajstić information content (AvgIpc) is 2.84. The fourth-order valence-corrected chi connectivity index (χ4v) is 3.08. The molecule has 0 heterocycles. The highest BCUT2D eigenvalue weighted by atomic mass is 16.6. The van der Waals surface area contributed by atoms with Gasteiger partial charge in [0, 0.05) is 48.3 Å². The van der Waals surface area contributed by atoms with Gasteiger partial charge in [0.15, 0.2) is 0 Å². The van der Waals surface area contributed by atoms with Crippen molar-refractivity contribution in [2.24, 2.45) is 0 Å². The Morgan fingerprint density at radius 3 is 1.14 bits per heavy atom. The van der Waals surface area contributed by atoms with Crippen LogP contribution in [0.4, 0.5) is 4.79 Å². The molecule has 0 saturated heterocycles. The van der Waals surface area contributed by atoms with Crippen LogP contribution in [0.25, 0.3) is 0 Å². The van der Waals surface area contributed by atoms with E-state index in [2.05, 4.69) is 10.6 Å². The Morgan fingerprint density at radius 2 is 0.810 bits per heavy atom. The van der Waals surface area contributed by atoms with E-state index >= 15 is 0 Å². The van der Waals surface area contributed by atoms with Crippen LogP contribution in [0.2, 0.25) is 0 Å². The zero-order chi connectivity index (χ0) is 32.8. The molecule has 16 heteroatoms. The number of likely N-dealkylation sites (N-methyl/N-ethyl adjacent to an activating group) is 6. The molecule has 0 aromatic heterocycles. The van der Waals surface area contributed by atoms with Gasteiger partial charge in [0.05, 0.1) is 39.3 Å². The van der Waals surface area contributed by atoms with Gasteiger partial charge in [-0.25, -0.2) is 4.79 Å². The molecule has 0 aromatic rings. The van der Waals surface area contributed by atoms with Gasteiger partial charge < -0.3 is 44.8 Å². The SMILES string of the molecule is CN(C)CC(=O)N(C)CC(=O)N(C)CC(=O)N(C)CC(=O)N(C)CC(=O)N(C)CC(=O)NCCNC(=O)OC(C)(C)C. The minimum Gasteiger partial charge on any atom is -0.444 e. The predicted molar refractivity (Wildman–Crippen MR) is 154 cm³/mol. The fraction of sp³-hybridized carbons (Fsp3) is 0.731. The van der Waals surface area contributed by atoms with Crippen LogP contribution >= 0.6 is 0 Å². The first-order valence-electron chi connectivity index (χ1n) is 13.3. The highest BCUT2D eigenvalue weighted by Gasteiger charge is 2.23. The number of nitrogens with zero attached hydrogens (tertiary/aromatic N) is 6. The van der Waals surface area contributed by atoms with Crippen LogP contribution in [-0.2, 0) is 33.5 Å². The van der Waals surface area contributed by atoms with E-state index in [1.807, 2.05) is 0 Å². The van der Waals surface area contributed by atoms with E-state index in [0.29, 0.717) is 0 Å². The Labute approximate surface area is 248 Å². The van der Waals surface area contributed by atoms with E-state index in [4.69, 9.17) is 4.74 Å². The monoisotopic (exact) mass is 600 g/mol. The minimum atomic E-state index is -0.639. The van der Waals surface area contributed by atoms with Crippen molar-refractivity contribution in [1.82, 2.24) is 40.0 Å². The lowest BCUT2D eigenvalue weighted by molar-refractivity contribution is -0.145. The molecule has 0 bridgehead atoms. The third-order valence-corrected chi connectivity index (χ3v) is 5.57. The van der Waals surface area contributed by atoms with Crippen LogP contribution < -0.4 is 10.6 Å². The zero-order valence-electron chi connectivity index (χ0n) is 26.6. The van der Waals surface area contributed by atoms with Crippen LogP contribution in [0.1, 0.15) is 20.8 Å². The van der Waals surface area contributed by atoms with E-state index in [0.717, 1.165) is 14.7 Å². The summed E-state index contributed by atoms with van der Waals surface area (Å²) in [5.74, 6) is -2.66. The maximum atomic E-state index is 12.6. The molecule has 16 nitrogen and oxygen atoms in total. The number of rotatable bonds is 15. The van der Waals surface area contributed by atoms with Gasteiger partial charge in [-0.3, -0.25) is 28.8 Å². The van der Waals surface area contributed by atoms with E-state index in [1.165, 1.54) is 45.0 Å². The highest BCUT2D eigenvalue weighted by Crippen LogP contribution is 2.06. The average molecular weight is 601 g/mol. The summed E-state index contributed by atoms with van der Waals surface area (Å²) in [5.41, 5.74) is -0.639. The molecule has 0 aliphatic heterocycles. The first-order chi connectivity index (χ1) is 19.2. The minimum absolute atomic E-state index is 0.130. The molecule has 0 unspecified atom stereocenters. The molecule has 0 fully saturated rings. The first-order valence-corrected chi connectivity index (χ1v) is 13.3. The van der Waals surface area contributed by atoms with Crippen molar-refractivity contribution in [3.63, 3.8) is 0 Å². The number of carbonyl (C=O) groups excluding carboxylic acids is 7. The number of hydrogen-bond donors (Lipinski definition) is 2. The summed E-state index contributed by atoms with van der Waals surface area (Å²) in [7, 11) is 10.6. The zero-order valence-corrected chi connectivity index (χ0v) is 26.6. The van der Waals surface area contributed by atoms with Gasteiger partial charge in [0.2, 0.25) is 35.4 Å². The third-order valence-electron chi connectivity index (χ3n) is 5.57. The van der Waals surface area contributed by atoms with Crippen LogP contribution in [-0.4, -0.2) is 178 Å². The molecule has 0 rings (SSSR count). The first kappa shape index (κ1) is 38.0. The summed E-state index contributed by atoms with van der Waals surface area (Å²) in [6, 6.07) is 0. The third kappa shape index (κ3) is 16.3. The Kier molecular flexibility index (Phi) is 16.1. The second-order valence-corrected chi connectivity index (χ2v) is 11.3. The van der Waals surface area contributed by atoms with Crippen LogP contribution in [0, 0.1) is 0 Å².